The van der Waals surface area contributed by atoms with E-state index in [1.54, 1.807) is 21.3 Å². The maximum absolute atomic E-state index is 12.4. The van der Waals surface area contributed by atoms with Crippen LogP contribution in [-0.4, -0.2) is 37.4 Å². The maximum Gasteiger partial charge on any atom is 0.270 e. The lowest BCUT2D eigenvalue weighted by Crippen LogP contribution is -2.21. The number of aromatic nitrogens is 2. The molecule has 4 rings (SSSR count). The topological polar surface area (TPSA) is 85.5 Å². The number of benzene rings is 2. The van der Waals surface area contributed by atoms with Crippen molar-refractivity contribution in [3.63, 3.8) is 0 Å². The Kier molecular flexibility index (Phi) is 4.19. The van der Waals surface area contributed by atoms with Crippen molar-refractivity contribution in [3.05, 3.63) is 59.3 Å². The van der Waals surface area contributed by atoms with Gasteiger partial charge in [0.1, 0.15) is 11.4 Å². The molecule has 2 aromatic carbocycles. The summed E-state index contributed by atoms with van der Waals surface area (Å²) in [6.07, 6.45) is 0. The Bertz CT molecular complexity index is 995. The van der Waals surface area contributed by atoms with Crippen LogP contribution in [0, 0.1) is 0 Å². The fourth-order valence-electron chi connectivity index (χ4n) is 3.33. The molecule has 0 fully saturated rings. The number of methoxy groups -OCH3 is 3. The van der Waals surface area contributed by atoms with Crippen LogP contribution in [-0.2, 0) is 0 Å². The summed E-state index contributed by atoms with van der Waals surface area (Å²) >= 11 is 0. The fourth-order valence-corrected chi connectivity index (χ4v) is 3.33. The van der Waals surface area contributed by atoms with E-state index in [0.717, 1.165) is 28.1 Å². The predicted octanol–water partition coefficient (Wildman–Crippen LogP) is 2.94. The molecule has 27 heavy (non-hydrogen) atoms. The van der Waals surface area contributed by atoms with Crippen LogP contribution in [0.25, 0.3) is 11.3 Å². The van der Waals surface area contributed by atoms with E-state index < -0.39 is 0 Å². The number of carbonyl (C=O) groups excluding carboxylic acids is 1. The molecule has 1 aliphatic rings. The van der Waals surface area contributed by atoms with Crippen LogP contribution in [0.4, 0.5) is 0 Å². The average molecular weight is 365 g/mol. The van der Waals surface area contributed by atoms with Gasteiger partial charge in [0, 0.05) is 11.1 Å². The Labute approximate surface area is 156 Å². The first-order valence-corrected chi connectivity index (χ1v) is 8.41. The molecule has 1 aliphatic heterocycles. The second kappa shape index (κ2) is 6.68. The number of fused-ring (bicyclic) bond motifs is 1. The van der Waals surface area contributed by atoms with Gasteiger partial charge in [-0.2, -0.15) is 5.10 Å². The number of nitrogens with zero attached hydrogens (tertiary/aromatic N) is 1. The van der Waals surface area contributed by atoms with Crippen LogP contribution in [0.3, 0.4) is 0 Å². The van der Waals surface area contributed by atoms with Crippen molar-refractivity contribution in [2.24, 2.45) is 0 Å². The number of nitrogens with one attached hydrogen (secondary N) is 2. The van der Waals surface area contributed by atoms with Crippen LogP contribution in [0.15, 0.2) is 42.5 Å². The monoisotopic (exact) mass is 365 g/mol. The minimum atomic E-state index is -0.330. The van der Waals surface area contributed by atoms with Gasteiger partial charge >= 0.3 is 0 Å². The summed E-state index contributed by atoms with van der Waals surface area (Å²) < 4.78 is 15.9. The summed E-state index contributed by atoms with van der Waals surface area (Å²) in [6.45, 7) is 0. The minimum absolute atomic E-state index is 0.183. The summed E-state index contributed by atoms with van der Waals surface area (Å²) in [5, 5.41) is 10.3. The molecule has 7 heteroatoms. The third-order valence-electron chi connectivity index (χ3n) is 4.70. The Hall–Kier alpha value is -3.48. The fraction of sp³-hybridized carbons (Fsp3) is 0.200. The number of ether oxygens (including phenoxy) is 3. The van der Waals surface area contributed by atoms with E-state index in [1.165, 1.54) is 0 Å². The molecule has 0 saturated carbocycles. The zero-order valence-corrected chi connectivity index (χ0v) is 15.2. The van der Waals surface area contributed by atoms with Crippen LogP contribution >= 0.6 is 0 Å². The lowest BCUT2D eigenvalue weighted by Gasteiger charge is -2.16. The third kappa shape index (κ3) is 2.77. The molecule has 0 radical (unpaired) electrons. The van der Waals surface area contributed by atoms with Gasteiger partial charge in [0.2, 0.25) is 0 Å². The minimum Gasteiger partial charge on any atom is -0.497 e. The van der Waals surface area contributed by atoms with Crippen molar-refractivity contribution in [1.82, 2.24) is 15.5 Å². The summed E-state index contributed by atoms with van der Waals surface area (Å²) in [5.41, 5.74) is 3.80. The molecule has 3 aromatic rings. The molecule has 0 spiro atoms. The zero-order valence-electron chi connectivity index (χ0n) is 15.2. The average Bonchev–Trinajstić information content (AvgIpc) is 3.29. The van der Waals surface area contributed by atoms with Gasteiger partial charge in [0.05, 0.1) is 33.1 Å². The van der Waals surface area contributed by atoms with Crippen LogP contribution in [0.2, 0.25) is 0 Å². The third-order valence-corrected chi connectivity index (χ3v) is 4.70. The van der Waals surface area contributed by atoms with Crippen LogP contribution in [0.1, 0.15) is 27.7 Å². The van der Waals surface area contributed by atoms with Crippen molar-refractivity contribution >= 4 is 5.91 Å². The van der Waals surface area contributed by atoms with Crippen molar-refractivity contribution < 1.29 is 19.0 Å². The van der Waals surface area contributed by atoms with E-state index in [0.29, 0.717) is 17.2 Å². The molecule has 1 atom stereocenters. The molecular weight excluding hydrogens is 346 g/mol. The van der Waals surface area contributed by atoms with Crippen LogP contribution < -0.4 is 19.5 Å². The molecule has 0 unspecified atom stereocenters. The molecular formula is C20H19N3O4. The first-order valence-electron chi connectivity index (χ1n) is 8.41. The van der Waals surface area contributed by atoms with Gasteiger partial charge in [0.25, 0.3) is 5.91 Å². The second-order valence-corrected chi connectivity index (χ2v) is 6.11. The van der Waals surface area contributed by atoms with Gasteiger partial charge in [-0.05, 0) is 42.0 Å². The molecule has 1 amide bonds. The number of aromatic amines is 1. The number of rotatable bonds is 5. The number of H-pyrrole nitrogens is 1. The predicted molar refractivity (Wildman–Crippen MR) is 99.4 cm³/mol. The molecule has 2 heterocycles. The maximum atomic E-state index is 12.4. The lowest BCUT2D eigenvalue weighted by atomic mass is 9.96. The van der Waals surface area contributed by atoms with E-state index in [4.69, 9.17) is 14.2 Å². The van der Waals surface area contributed by atoms with Gasteiger partial charge in [-0.3, -0.25) is 9.89 Å². The van der Waals surface area contributed by atoms with E-state index in [1.807, 2.05) is 42.5 Å². The van der Waals surface area contributed by atoms with Crippen molar-refractivity contribution in [2.45, 2.75) is 6.04 Å². The largest absolute Gasteiger partial charge is 0.497 e. The summed E-state index contributed by atoms with van der Waals surface area (Å²) in [4.78, 5) is 12.4. The van der Waals surface area contributed by atoms with Gasteiger partial charge in [-0.25, -0.2) is 0 Å². The smallest absolute Gasteiger partial charge is 0.270 e. The number of hydrogen-bond acceptors (Lipinski definition) is 5. The Balaban J connectivity index is 1.79. The summed E-state index contributed by atoms with van der Waals surface area (Å²) in [7, 11) is 4.79. The first kappa shape index (κ1) is 17.0. The summed E-state index contributed by atoms with van der Waals surface area (Å²) in [5.74, 6) is 1.81. The Morgan fingerprint density at radius 3 is 2.33 bits per heavy atom. The quantitative estimate of drug-likeness (QED) is 0.726. The highest BCUT2D eigenvalue weighted by Crippen LogP contribution is 2.39. The van der Waals surface area contributed by atoms with E-state index in [2.05, 4.69) is 15.5 Å². The van der Waals surface area contributed by atoms with Gasteiger partial charge < -0.3 is 19.5 Å². The number of hydrogen-bond donors (Lipinski definition) is 2. The normalized spacial score (nSPS) is 15.2. The lowest BCUT2D eigenvalue weighted by molar-refractivity contribution is 0.0955. The Morgan fingerprint density at radius 1 is 0.926 bits per heavy atom. The zero-order chi connectivity index (χ0) is 19.0. The van der Waals surface area contributed by atoms with Gasteiger partial charge in [-0.15, -0.1) is 0 Å². The molecule has 2 N–H and O–H groups in total. The van der Waals surface area contributed by atoms with Gasteiger partial charge in [-0.1, -0.05) is 6.07 Å². The molecule has 0 aliphatic carbocycles. The highest BCUT2D eigenvalue weighted by Gasteiger charge is 2.35. The van der Waals surface area contributed by atoms with Crippen molar-refractivity contribution in [2.75, 3.05) is 21.3 Å². The highest BCUT2D eigenvalue weighted by molar-refractivity contribution is 6.00. The Morgan fingerprint density at radius 2 is 1.67 bits per heavy atom. The molecule has 138 valence electrons. The van der Waals surface area contributed by atoms with E-state index in [-0.39, 0.29) is 11.9 Å². The van der Waals surface area contributed by atoms with Crippen molar-refractivity contribution in [3.8, 4) is 28.5 Å². The van der Waals surface area contributed by atoms with Crippen LogP contribution in [0.5, 0.6) is 17.2 Å². The second-order valence-electron chi connectivity index (χ2n) is 6.11. The van der Waals surface area contributed by atoms with Gasteiger partial charge in [0.15, 0.2) is 11.5 Å². The van der Waals surface area contributed by atoms with E-state index >= 15 is 0 Å². The van der Waals surface area contributed by atoms with E-state index in [9.17, 15) is 4.79 Å². The molecule has 1 aromatic heterocycles. The molecule has 0 bridgehead atoms. The number of carbonyl (C=O) groups is 1. The first-order chi connectivity index (χ1) is 13.2. The van der Waals surface area contributed by atoms with Crippen molar-refractivity contribution in [1.29, 1.82) is 0 Å². The highest BCUT2D eigenvalue weighted by atomic mass is 16.5. The number of amides is 1. The summed E-state index contributed by atoms with van der Waals surface area (Å²) in [6, 6.07) is 12.8. The molecule has 7 nitrogen and oxygen atoms in total. The standard InChI is InChI=1S/C20H19N3O4/c1-25-13-7-4-11(5-8-13)18-16-17(21-20(24)19(16)23-22-18)12-6-9-14(26-2)15(10-12)27-3/h4-10,17H,1-3H3,(H,21,24)(H,22,23)/t17-/m0/s1. The SMILES string of the molecule is COc1ccc(-c2n[nH]c3c2[C@H](c2ccc(OC)c(OC)c2)NC3=O)cc1. The molecule has 0 saturated heterocycles.